The zero-order valence-electron chi connectivity index (χ0n) is 14.6. The molecular weight excluding hydrogens is 372 g/mol. The Labute approximate surface area is 163 Å². The highest BCUT2D eigenvalue weighted by Gasteiger charge is 2.67. The van der Waals surface area contributed by atoms with Crippen molar-refractivity contribution in [2.45, 2.75) is 30.3 Å². The van der Waals surface area contributed by atoms with Crippen molar-refractivity contribution < 1.29 is 9.18 Å². The summed E-state index contributed by atoms with van der Waals surface area (Å²) in [7, 11) is 0. The van der Waals surface area contributed by atoms with Gasteiger partial charge in [-0.05, 0) is 48.2 Å². The summed E-state index contributed by atoms with van der Waals surface area (Å²) in [5.41, 5.74) is 4.00. The summed E-state index contributed by atoms with van der Waals surface area (Å²) >= 11 is 12.8. The van der Waals surface area contributed by atoms with Gasteiger partial charge in [0.25, 0.3) is 0 Å². The molecule has 0 saturated heterocycles. The molecule has 2 nitrogen and oxygen atoms in total. The molecule has 5 heteroatoms. The van der Waals surface area contributed by atoms with E-state index in [4.69, 9.17) is 23.2 Å². The van der Waals surface area contributed by atoms with Crippen LogP contribution in [0.3, 0.4) is 0 Å². The molecule has 0 aromatic heterocycles. The van der Waals surface area contributed by atoms with Gasteiger partial charge in [0.05, 0.1) is 5.92 Å². The van der Waals surface area contributed by atoms with Crippen molar-refractivity contribution in [1.29, 1.82) is 0 Å². The van der Waals surface area contributed by atoms with Crippen LogP contribution in [0.1, 0.15) is 41.3 Å². The molecule has 0 aliphatic heterocycles. The molecule has 3 unspecified atom stereocenters. The predicted octanol–water partition coefficient (Wildman–Crippen LogP) is 6.19. The van der Waals surface area contributed by atoms with Crippen LogP contribution in [0.2, 0.25) is 0 Å². The van der Waals surface area contributed by atoms with Gasteiger partial charge in [-0.3, -0.25) is 4.79 Å². The van der Waals surface area contributed by atoms with Crippen LogP contribution in [0.25, 0.3) is 6.08 Å². The minimum atomic E-state index is -1.20. The van der Waals surface area contributed by atoms with Gasteiger partial charge >= 0.3 is 0 Å². The molecule has 0 spiro atoms. The van der Waals surface area contributed by atoms with E-state index in [2.05, 4.69) is 11.9 Å². The molecule has 1 fully saturated rings. The fourth-order valence-corrected chi connectivity index (χ4v) is 4.05. The van der Waals surface area contributed by atoms with Gasteiger partial charge in [-0.2, -0.15) is 0 Å². The average Bonchev–Trinajstić information content (AvgIpc) is 3.19. The molecule has 26 heavy (non-hydrogen) atoms. The zero-order valence-corrected chi connectivity index (χ0v) is 16.1. The largest absolute Gasteiger partial charge is 0.326 e. The van der Waals surface area contributed by atoms with Crippen molar-refractivity contribution in [3.05, 3.63) is 71.3 Å². The van der Waals surface area contributed by atoms with Crippen LogP contribution in [0.15, 0.2) is 49.0 Å². The van der Waals surface area contributed by atoms with Crippen LogP contribution in [-0.2, 0) is 4.79 Å². The van der Waals surface area contributed by atoms with Crippen molar-refractivity contribution in [2.24, 2.45) is 5.92 Å². The first-order chi connectivity index (χ1) is 12.3. The SMILES string of the molecule is C=Cc1cc(NC(=O)C2C(c3cccc(C(C)F)c3)C2(Cl)Cl)ccc1C. The highest BCUT2D eigenvalue weighted by atomic mass is 35.5. The fourth-order valence-electron chi connectivity index (χ4n) is 3.23. The van der Waals surface area contributed by atoms with Gasteiger partial charge in [-0.25, -0.2) is 4.39 Å². The minimum absolute atomic E-state index is 0.252. The third kappa shape index (κ3) is 3.51. The monoisotopic (exact) mass is 391 g/mol. The summed E-state index contributed by atoms with van der Waals surface area (Å²) in [6.07, 6.45) is 0.646. The molecule has 1 aliphatic carbocycles. The molecule has 1 saturated carbocycles. The first kappa shape index (κ1) is 18.9. The first-order valence-corrected chi connectivity index (χ1v) is 9.17. The number of aryl methyl sites for hydroxylation is 1. The average molecular weight is 392 g/mol. The summed E-state index contributed by atoms with van der Waals surface area (Å²) in [5.74, 6) is -1.21. The number of nitrogens with one attached hydrogen (secondary N) is 1. The molecule has 1 N–H and O–H groups in total. The van der Waals surface area contributed by atoms with E-state index in [1.807, 2.05) is 31.2 Å². The van der Waals surface area contributed by atoms with Crippen LogP contribution in [-0.4, -0.2) is 10.2 Å². The standard InChI is InChI=1S/C21H20Cl2FNO/c1-4-14-11-17(9-8-12(14)2)25-20(26)19-18(21(19,22)23)16-7-5-6-15(10-16)13(3)24/h4-11,13,18-19H,1H2,2-3H3,(H,25,26). The van der Waals surface area contributed by atoms with Crippen LogP contribution >= 0.6 is 23.2 Å². The highest BCUT2D eigenvalue weighted by Crippen LogP contribution is 2.65. The Morgan fingerprint density at radius 1 is 1.31 bits per heavy atom. The number of carbonyl (C=O) groups excluding carboxylic acids is 1. The van der Waals surface area contributed by atoms with Crippen LogP contribution in [0.4, 0.5) is 10.1 Å². The zero-order chi connectivity index (χ0) is 19.1. The molecule has 136 valence electrons. The Morgan fingerprint density at radius 2 is 2.04 bits per heavy atom. The highest BCUT2D eigenvalue weighted by molar-refractivity contribution is 6.53. The number of alkyl halides is 3. The number of carbonyl (C=O) groups is 1. The summed E-state index contributed by atoms with van der Waals surface area (Å²) in [4.78, 5) is 12.7. The summed E-state index contributed by atoms with van der Waals surface area (Å²) in [5, 5.41) is 2.87. The predicted molar refractivity (Wildman–Crippen MR) is 107 cm³/mol. The summed E-state index contributed by atoms with van der Waals surface area (Å²) < 4.78 is 12.4. The Kier molecular flexibility index (Phi) is 5.14. The van der Waals surface area contributed by atoms with E-state index in [1.165, 1.54) is 6.92 Å². The van der Waals surface area contributed by atoms with Crippen LogP contribution < -0.4 is 5.32 Å². The number of rotatable bonds is 5. The van der Waals surface area contributed by atoms with Gasteiger partial charge in [-0.1, -0.05) is 43.0 Å². The summed E-state index contributed by atoms with van der Waals surface area (Å²) in [6, 6.07) is 12.6. The number of hydrogen-bond donors (Lipinski definition) is 1. The maximum Gasteiger partial charge on any atom is 0.231 e. The van der Waals surface area contributed by atoms with Gasteiger partial charge < -0.3 is 5.32 Å². The van der Waals surface area contributed by atoms with E-state index < -0.39 is 16.4 Å². The van der Waals surface area contributed by atoms with Crippen molar-refractivity contribution in [1.82, 2.24) is 0 Å². The molecule has 3 rings (SSSR count). The molecule has 1 amide bonds. The van der Waals surface area contributed by atoms with E-state index >= 15 is 0 Å². The molecule has 1 aliphatic rings. The van der Waals surface area contributed by atoms with Crippen molar-refractivity contribution in [2.75, 3.05) is 5.32 Å². The van der Waals surface area contributed by atoms with Gasteiger partial charge in [0.1, 0.15) is 10.5 Å². The maximum atomic E-state index is 13.6. The number of benzene rings is 2. The van der Waals surface area contributed by atoms with Crippen molar-refractivity contribution >= 4 is 40.9 Å². The molecule has 2 aromatic rings. The van der Waals surface area contributed by atoms with E-state index in [0.29, 0.717) is 11.3 Å². The minimum Gasteiger partial charge on any atom is -0.326 e. The molecule has 3 atom stereocenters. The van der Waals surface area contributed by atoms with E-state index in [9.17, 15) is 9.18 Å². The second-order valence-electron chi connectivity index (χ2n) is 6.68. The van der Waals surface area contributed by atoms with Gasteiger partial charge in [0.15, 0.2) is 0 Å². The Balaban J connectivity index is 1.80. The third-order valence-electron chi connectivity index (χ3n) is 4.83. The molecule has 0 bridgehead atoms. The molecule has 0 heterocycles. The number of amides is 1. The molecule has 0 radical (unpaired) electrons. The normalized spacial score (nSPS) is 21.7. The number of hydrogen-bond acceptors (Lipinski definition) is 1. The Hall–Kier alpha value is -1.84. The van der Waals surface area contributed by atoms with Crippen LogP contribution in [0, 0.1) is 12.8 Å². The lowest BCUT2D eigenvalue weighted by atomic mass is 10.0. The first-order valence-electron chi connectivity index (χ1n) is 8.41. The number of halogens is 3. The van der Waals surface area contributed by atoms with Crippen molar-refractivity contribution in [3.8, 4) is 0 Å². The van der Waals surface area contributed by atoms with Gasteiger partial charge in [0, 0.05) is 11.6 Å². The molecule has 2 aromatic carbocycles. The Bertz CT molecular complexity index is 863. The third-order valence-corrected chi connectivity index (χ3v) is 5.77. The molecular formula is C21H20Cl2FNO. The Morgan fingerprint density at radius 3 is 2.69 bits per heavy atom. The van der Waals surface area contributed by atoms with Crippen molar-refractivity contribution in [3.63, 3.8) is 0 Å². The second-order valence-corrected chi connectivity index (χ2v) is 8.13. The van der Waals surface area contributed by atoms with Gasteiger partial charge in [-0.15, -0.1) is 23.2 Å². The lowest BCUT2D eigenvalue weighted by Crippen LogP contribution is -2.17. The van der Waals surface area contributed by atoms with Gasteiger partial charge in [0.2, 0.25) is 5.91 Å². The summed E-state index contributed by atoms with van der Waals surface area (Å²) in [6.45, 7) is 7.22. The topological polar surface area (TPSA) is 29.1 Å². The van der Waals surface area contributed by atoms with E-state index in [0.717, 1.165) is 16.7 Å². The fraction of sp³-hybridized carbons (Fsp3) is 0.286. The quantitative estimate of drug-likeness (QED) is 0.604. The lowest BCUT2D eigenvalue weighted by Gasteiger charge is -2.08. The van der Waals surface area contributed by atoms with E-state index in [-0.39, 0.29) is 11.8 Å². The smallest absolute Gasteiger partial charge is 0.231 e. The van der Waals surface area contributed by atoms with Crippen LogP contribution in [0.5, 0.6) is 0 Å². The van der Waals surface area contributed by atoms with E-state index in [1.54, 1.807) is 24.3 Å². The maximum absolute atomic E-state index is 13.6. The lowest BCUT2D eigenvalue weighted by molar-refractivity contribution is -0.117. The number of anilines is 1. The second kappa shape index (κ2) is 7.05.